The van der Waals surface area contributed by atoms with Crippen LogP contribution in [0.5, 0.6) is 0 Å². The monoisotopic (exact) mass is 265 g/mol. The Balaban J connectivity index is 2.16. The molecule has 1 aromatic rings. The van der Waals surface area contributed by atoms with Gasteiger partial charge in [0.05, 0.1) is 11.3 Å². The lowest BCUT2D eigenvalue weighted by atomic mass is 9.99. The Labute approximate surface area is 113 Å². The third-order valence-electron chi connectivity index (χ3n) is 3.63. The zero-order chi connectivity index (χ0) is 13.8. The highest BCUT2D eigenvalue weighted by atomic mass is 19.1. The van der Waals surface area contributed by atoms with Gasteiger partial charge in [0.1, 0.15) is 5.82 Å². The lowest BCUT2D eigenvalue weighted by Gasteiger charge is -2.29. The molecule has 19 heavy (non-hydrogen) atoms. The van der Waals surface area contributed by atoms with Gasteiger partial charge in [-0.1, -0.05) is 6.07 Å². The molecule has 3 nitrogen and oxygen atoms in total. The molecule has 0 unspecified atom stereocenters. The second kappa shape index (κ2) is 6.15. The van der Waals surface area contributed by atoms with Gasteiger partial charge in [0.2, 0.25) is 0 Å². The molecule has 1 aliphatic heterocycles. The number of hydrogen-bond acceptors (Lipinski definition) is 3. The molecule has 0 atom stereocenters. The molecule has 0 radical (unpaired) electrons. The van der Waals surface area contributed by atoms with E-state index in [1.54, 1.807) is 12.1 Å². The summed E-state index contributed by atoms with van der Waals surface area (Å²) in [6, 6.07) is 4.79. The lowest BCUT2D eigenvalue weighted by Crippen LogP contribution is -2.30. The fourth-order valence-electron chi connectivity index (χ4n) is 2.59. The van der Waals surface area contributed by atoms with Crippen molar-refractivity contribution >= 4 is 11.5 Å². The predicted molar refractivity (Wildman–Crippen MR) is 73.2 cm³/mol. The minimum atomic E-state index is -0.441. The smallest absolute Gasteiger partial charge is 0.164 e. The highest BCUT2D eigenvalue weighted by Gasteiger charge is 2.20. The molecule has 0 aromatic heterocycles. The van der Waals surface area contributed by atoms with Gasteiger partial charge in [0.25, 0.3) is 0 Å². The van der Waals surface area contributed by atoms with E-state index in [0.29, 0.717) is 11.6 Å². The molecule has 0 N–H and O–H groups in total. The summed E-state index contributed by atoms with van der Waals surface area (Å²) in [4.78, 5) is 13.6. The molecular weight excluding hydrogens is 245 g/mol. The van der Waals surface area contributed by atoms with Crippen LogP contribution in [-0.4, -0.2) is 32.6 Å². The quantitative estimate of drug-likeness (QED) is 0.784. The van der Waals surface area contributed by atoms with Crippen molar-refractivity contribution in [3.63, 3.8) is 0 Å². The maximum Gasteiger partial charge on any atom is 0.164 e. The molecule has 104 valence electrons. The van der Waals surface area contributed by atoms with Gasteiger partial charge in [-0.05, 0) is 37.8 Å². The molecule has 1 aromatic carbocycles. The Morgan fingerprint density at radius 3 is 2.74 bits per heavy atom. The predicted octanol–water partition coefficient (Wildman–Crippen LogP) is 2.89. The normalized spacial score (nSPS) is 16.4. The van der Waals surface area contributed by atoms with Crippen molar-refractivity contribution in [2.45, 2.75) is 19.8 Å². The summed E-state index contributed by atoms with van der Waals surface area (Å²) >= 11 is 0. The maximum absolute atomic E-state index is 13.8. The molecule has 0 saturated carbocycles. The van der Waals surface area contributed by atoms with Crippen LogP contribution in [0.25, 0.3) is 0 Å². The minimum absolute atomic E-state index is 0.192. The molecule has 2 rings (SSSR count). The van der Waals surface area contributed by atoms with Crippen molar-refractivity contribution in [3.05, 3.63) is 29.6 Å². The van der Waals surface area contributed by atoms with Crippen molar-refractivity contribution in [3.8, 4) is 0 Å². The van der Waals surface area contributed by atoms with Crippen LogP contribution in [0.4, 0.5) is 10.1 Å². The topological polar surface area (TPSA) is 29.5 Å². The van der Waals surface area contributed by atoms with E-state index < -0.39 is 5.82 Å². The van der Waals surface area contributed by atoms with Crippen LogP contribution in [0.15, 0.2) is 18.2 Å². The van der Waals surface area contributed by atoms with Gasteiger partial charge >= 0.3 is 0 Å². The van der Waals surface area contributed by atoms with Gasteiger partial charge in [-0.3, -0.25) is 4.79 Å². The summed E-state index contributed by atoms with van der Waals surface area (Å²) in [6.45, 7) is 3.82. The largest absolute Gasteiger partial charge is 0.381 e. The fourth-order valence-corrected chi connectivity index (χ4v) is 2.59. The SMILES string of the molecule is CC(=O)c1c(F)cccc1N(C)CC1CCOCC1. The van der Waals surface area contributed by atoms with Gasteiger partial charge < -0.3 is 9.64 Å². The van der Waals surface area contributed by atoms with Crippen molar-refractivity contribution in [2.75, 3.05) is 31.7 Å². The third-order valence-corrected chi connectivity index (χ3v) is 3.63. The molecule has 1 aliphatic rings. The third kappa shape index (κ3) is 3.32. The van der Waals surface area contributed by atoms with Gasteiger partial charge in [0.15, 0.2) is 5.78 Å². The van der Waals surface area contributed by atoms with Crippen molar-refractivity contribution in [2.24, 2.45) is 5.92 Å². The van der Waals surface area contributed by atoms with Gasteiger partial charge in [0, 0.05) is 26.8 Å². The van der Waals surface area contributed by atoms with Crippen LogP contribution in [0.3, 0.4) is 0 Å². The molecule has 1 saturated heterocycles. The molecule has 0 bridgehead atoms. The van der Waals surface area contributed by atoms with E-state index >= 15 is 0 Å². The molecule has 1 heterocycles. The zero-order valence-electron chi connectivity index (χ0n) is 11.5. The van der Waals surface area contributed by atoms with Crippen molar-refractivity contribution in [1.29, 1.82) is 0 Å². The Morgan fingerprint density at radius 2 is 2.11 bits per heavy atom. The number of halogens is 1. The van der Waals surface area contributed by atoms with E-state index in [1.807, 2.05) is 11.9 Å². The highest BCUT2D eigenvalue weighted by Crippen LogP contribution is 2.25. The van der Waals surface area contributed by atoms with Crippen LogP contribution in [-0.2, 0) is 4.74 Å². The second-order valence-electron chi connectivity index (χ2n) is 5.13. The number of ketones is 1. The number of carbonyl (C=O) groups excluding carboxylic acids is 1. The molecular formula is C15H20FNO2. The van der Waals surface area contributed by atoms with Crippen LogP contribution < -0.4 is 4.90 Å². The van der Waals surface area contributed by atoms with Gasteiger partial charge in [-0.2, -0.15) is 0 Å². The Morgan fingerprint density at radius 1 is 1.42 bits per heavy atom. The summed E-state index contributed by atoms with van der Waals surface area (Å²) in [5.41, 5.74) is 0.871. The van der Waals surface area contributed by atoms with E-state index in [1.165, 1.54) is 13.0 Å². The highest BCUT2D eigenvalue weighted by molar-refractivity contribution is 6.00. The molecule has 0 spiro atoms. The maximum atomic E-state index is 13.8. The van der Waals surface area contributed by atoms with Crippen molar-refractivity contribution in [1.82, 2.24) is 0 Å². The average molecular weight is 265 g/mol. The number of anilines is 1. The summed E-state index contributed by atoms with van der Waals surface area (Å²) in [6.07, 6.45) is 2.05. The van der Waals surface area contributed by atoms with E-state index in [-0.39, 0.29) is 11.3 Å². The molecule has 1 fully saturated rings. The average Bonchev–Trinajstić information content (AvgIpc) is 2.39. The minimum Gasteiger partial charge on any atom is -0.381 e. The lowest BCUT2D eigenvalue weighted by molar-refractivity contribution is 0.0685. The number of carbonyl (C=O) groups is 1. The Bertz CT molecular complexity index is 455. The first-order valence-electron chi connectivity index (χ1n) is 6.68. The van der Waals surface area contributed by atoms with Gasteiger partial charge in [-0.15, -0.1) is 0 Å². The van der Waals surface area contributed by atoms with Crippen LogP contribution in [0.2, 0.25) is 0 Å². The van der Waals surface area contributed by atoms with E-state index in [2.05, 4.69) is 0 Å². The molecule has 0 amide bonds. The zero-order valence-corrected chi connectivity index (χ0v) is 11.5. The van der Waals surface area contributed by atoms with Gasteiger partial charge in [-0.25, -0.2) is 4.39 Å². The first kappa shape index (κ1) is 14.0. The fraction of sp³-hybridized carbons (Fsp3) is 0.533. The van der Waals surface area contributed by atoms with E-state index in [4.69, 9.17) is 4.74 Å². The number of ether oxygens (including phenoxy) is 1. The van der Waals surface area contributed by atoms with Crippen molar-refractivity contribution < 1.29 is 13.9 Å². The number of Topliss-reactive ketones (excluding diaryl/α,β-unsaturated/α-hetero) is 1. The summed E-state index contributed by atoms with van der Waals surface area (Å²) in [5.74, 6) is -0.127. The first-order valence-corrected chi connectivity index (χ1v) is 6.68. The standard InChI is InChI=1S/C15H20FNO2/c1-11(18)15-13(16)4-3-5-14(15)17(2)10-12-6-8-19-9-7-12/h3-5,12H,6-10H2,1-2H3. The van der Waals surface area contributed by atoms with E-state index in [0.717, 1.165) is 32.6 Å². The van der Waals surface area contributed by atoms with E-state index in [9.17, 15) is 9.18 Å². The second-order valence-corrected chi connectivity index (χ2v) is 5.13. The number of rotatable bonds is 4. The number of hydrogen-bond donors (Lipinski definition) is 0. The molecule has 4 heteroatoms. The Kier molecular flexibility index (Phi) is 4.53. The van der Waals surface area contributed by atoms with Crippen LogP contribution >= 0.6 is 0 Å². The Hall–Kier alpha value is -1.42. The number of benzene rings is 1. The summed E-state index contributed by atoms with van der Waals surface area (Å²) in [5, 5.41) is 0. The summed E-state index contributed by atoms with van der Waals surface area (Å²) in [7, 11) is 1.91. The van der Waals surface area contributed by atoms with Crippen LogP contribution in [0, 0.1) is 11.7 Å². The van der Waals surface area contributed by atoms with Crippen LogP contribution in [0.1, 0.15) is 30.1 Å². The molecule has 0 aliphatic carbocycles. The first-order chi connectivity index (χ1) is 9.09. The summed E-state index contributed by atoms with van der Waals surface area (Å²) < 4.78 is 19.1. The number of nitrogens with zero attached hydrogens (tertiary/aromatic N) is 1.